The molecular formula is C13H26N4O2S2. The quantitative estimate of drug-likeness (QED) is 0.639. The molecule has 0 aliphatic carbocycles. The molecule has 21 heavy (non-hydrogen) atoms. The van der Waals surface area contributed by atoms with Gasteiger partial charge in [-0.3, -0.25) is 5.10 Å². The fraction of sp³-hybridized carbons (Fsp3) is 0.769. The number of sulfonamides is 1. The molecule has 0 aliphatic rings. The van der Waals surface area contributed by atoms with E-state index in [1.165, 1.54) is 0 Å². The minimum Gasteiger partial charge on any atom is -0.316 e. The van der Waals surface area contributed by atoms with Gasteiger partial charge in [0.05, 0.1) is 0 Å². The number of hydrogen-bond acceptors (Lipinski definition) is 5. The first kappa shape index (κ1) is 18.5. The van der Waals surface area contributed by atoms with E-state index in [1.807, 2.05) is 13.2 Å². The Morgan fingerprint density at radius 2 is 1.95 bits per heavy atom. The molecule has 3 N–H and O–H groups in total. The summed E-state index contributed by atoms with van der Waals surface area (Å²) in [5.74, 6) is 0. The molecule has 0 spiro atoms. The van der Waals surface area contributed by atoms with Gasteiger partial charge in [0.15, 0.2) is 5.03 Å². The Kier molecular flexibility index (Phi) is 6.71. The normalized spacial score (nSPS) is 12.8. The molecule has 1 rings (SSSR count). The molecule has 6 nitrogen and oxygen atoms in total. The summed E-state index contributed by atoms with van der Waals surface area (Å²) < 4.78 is 27.7. The lowest BCUT2D eigenvalue weighted by atomic mass is 10.0. The molecule has 0 aromatic carbocycles. The van der Waals surface area contributed by atoms with Gasteiger partial charge in [0, 0.05) is 29.1 Å². The Labute approximate surface area is 131 Å². The molecule has 0 aliphatic heterocycles. The van der Waals surface area contributed by atoms with Gasteiger partial charge in [-0.15, -0.1) is 0 Å². The largest absolute Gasteiger partial charge is 0.316 e. The fourth-order valence-corrected chi connectivity index (χ4v) is 4.40. The maximum Gasteiger partial charge on any atom is 0.260 e. The van der Waals surface area contributed by atoms with Gasteiger partial charge in [-0.25, -0.2) is 13.1 Å². The second-order valence-electron chi connectivity index (χ2n) is 5.08. The summed E-state index contributed by atoms with van der Waals surface area (Å²) in [6, 6.07) is 0. The van der Waals surface area contributed by atoms with E-state index in [9.17, 15) is 8.42 Å². The van der Waals surface area contributed by atoms with Crippen LogP contribution in [0.3, 0.4) is 0 Å². The fourth-order valence-electron chi connectivity index (χ4n) is 2.19. The zero-order chi connectivity index (χ0) is 16.1. The predicted octanol–water partition coefficient (Wildman–Crippen LogP) is 1.64. The van der Waals surface area contributed by atoms with Gasteiger partial charge in [-0.2, -0.15) is 16.9 Å². The Morgan fingerprint density at radius 1 is 1.33 bits per heavy atom. The van der Waals surface area contributed by atoms with Crippen LogP contribution in [0.5, 0.6) is 0 Å². The van der Waals surface area contributed by atoms with Crippen molar-refractivity contribution in [3.8, 4) is 0 Å². The number of nitrogens with one attached hydrogen (secondary N) is 3. The van der Waals surface area contributed by atoms with Gasteiger partial charge in [-0.05, 0) is 33.1 Å². The summed E-state index contributed by atoms with van der Waals surface area (Å²) in [5, 5.41) is 9.78. The molecule has 0 amide bonds. The first-order valence-electron chi connectivity index (χ1n) is 7.09. The van der Waals surface area contributed by atoms with Crippen molar-refractivity contribution in [1.82, 2.24) is 20.2 Å². The third-order valence-electron chi connectivity index (χ3n) is 3.95. The molecule has 0 saturated carbocycles. The molecule has 0 radical (unpaired) electrons. The number of aryl methyl sites for hydroxylation is 1. The van der Waals surface area contributed by atoms with E-state index in [-0.39, 0.29) is 9.77 Å². The first-order chi connectivity index (χ1) is 9.85. The van der Waals surface area contributed by atoms with Crippen LogP contribution >= 0.6 is 11.8 Å². The summed E-state index contributed by atoms with van der Waals surface area (Å²) >= 11 is 1.71. The van der Waals surface area contributed by atoms with E-state index in [1.54, 1.807) is 18.8 Å². The maximum atomic E-state index is 12.5. The van der Waals surface area contributed by atoms with Crippen molar-refractivity contribution in [2.75, 3.05) is 19.8 Å². The molecule has 122 valence electrons. The average Bonchev–Trinajstić information content (AvgIpc) is 2.84. The number of aromatic nitrogens is 2. The zero-order valence-corrected chi connectivity index (χ0v) is 15.0. The van der Waals surface area contributed by atoms with Gasteiger partial charge >= 0.3 is 0 Å². The van der Waals surface area contributed by atoms with E-state index < -0.39 is 10.0 Å². The number of aromatic amines is 1. The molecule has 1 aromatic heterocycles. The van der Waals surface area contributed by atoms with Crippen molar-refractivity contribution in [1.29, 1.82) is 0 Å². The highest BCUT2D eigenvalue weighted by Gasteiger charge is 2.30. The number of thioether (sulfide) groups is 1. The highest BCUT2D eigenvalue weighted by Crippen LogP contribution is 2.30. The van der Waals surface area contributed by atoms with Crippen molar-refractivity contribution >= 4 is 21.8 Å². The van der Waals surface area contributed by atoms with Crippen LogP contribution in [0.25, 0.3) is 0 Å². The Bertz CT molecular complexity index is 542. The van der Waals surface area contributed by atoms with Gasteiger partial charge in [0.25, 0.3) is 10.0 Å². The SMILES string of the molecule is CCC(CC)(CNS(=O)(=O)c1n[nH]c(C)c1CNC)SC. The molecule has 0 fully saturated rings. The van der Waals surface area contributed by atoms with E-state index in [0.29, 0.717) is 18.7 Å². The standard InChI is InChI=1S/C13H26N4O2S2/c1-6-13(7-2,20-5)9-15-21(18,19)12-11(8-14-4)10(3)16-17-12/h14-15H,6-9H2,1-5H3,(H,16,17). The predicted molar refractivity (Wildman–Crippen MR) is 88.1 cm³/mol. The topological polar surface area (TPSA) is 86.9 Å². The van der Waals surface area contributed by atoms with Crippen molar-refractivity contribution in [3.63, 3.8) is 0 Å². The van der Waals surface area contributed by atoms with E-state index in [0.717, 1.165) is 18.5 Å². The zero-order valence-electron chi connectivity index (χ0n) is 13.4. The van der Waals surface area contributed by atoms with Crippen molar-refractivity contribution in [3.05, 3.63) is 11.3 Å². The van der Waals surface area contributed by atoms with E-state index in [4.69, 9.17) is 0 Å². The van der Waals surface area contributed by atoms with E-state index >= 15 is 0 Å². The molecule has 1 heterocycles. The minimum atomic E-state index is -3.60. The average molecular weight is 335 g/mol. The van der Waals surface area contributed by atoms with Gasteiger partial charge in [-0.1, -0.05) is 13.8 Å². The van der Waals surface area contributed by atoms with Crippen LogP contribution in [-0.2, 0) is 16.6 Å². The monoisotopic (exact) mass is 334 g/mol. The molecular weight excluding hydrogens is 308 g/mol. The summed E-state index contributed by atoms with van der Waals surface area (Å²) in [7, 11) is -1.82. The smallest absolute Gasteiger partial charge is 0.260 e. The molecule has 0 saturated heterocycles. The number of H-pyrrole nitrogens is 1. The van der Waals surface area contributed by atoms with Gasteiger partial charge in [0.1, 0.15) is 0 Å². The highest BCUT2D eigenvalue weighted by atomic mass is 32.2. The van der Waals surface area contributed by atoms with Crippen LogP contribution in [0.15, 0.2) is 5.03 Å². The number of rotatable bonds is 9. The lowest BCUT2D eigenvalue weighted by molar-refractivity contribution is 0.519. The number of hydrogen-bond donors (Lipinski definition) is 3. The van der Waals surface area contributed by atoms with Crippen LogP contribution < -0.4 is 10.0 Å². The van der Waals surface area contributed by atoms with Crippen LogP contribution in [0.4, 0.5) is 0 Å². The van der Waals surface area contributed by atoms with Crippen molar-refractivity contribution in [2.45, 2.75) is 49.9 Å². The Balaban J connectivity index is 2.97. The van der Waals surface area contributed by atoms with Crippen LogP contribution in [0.1, 0.15) is 37.9 Å². The second-order valence-corrected chi connectivity index (χ2v) is 8.04. The summed E-state index contributed by atoms with van der Waals surface area (Å²) in [6.07, 6.45) is 3.85. The van der Waals surface area contributed by atoms with E-state index in [2.05, 4.69) is 34.1 Å². The van der Waals surface area contributed by atoms with Crippen molar-refractivity contribution in [2.24, 2.45) is 0 Å². The Hall–Kier alpha value is -0.570. The lowest BCUT2D eigenvalue weighted by Gasteiger charge is -2.29. The molecule has 8 heteroatoms. The van der Waals surface area contributed by atoms with Gasteiger partial charge < -0.3 is 5.32 Å². The summed E-state index contributed by atoms with van der Waals surface area (Å²) in [5.41, 5.74) is 1.46. The molecule has 0 atom stereocenters. The van der Waals surface area contributed by atoms with Crippen LogP contribution in [0.2, 0.25) is 0 Å². The van der Waals surface area contributed by atoms with Crippen LogP contribution in [-0.4, -0.2) is 43.2 Å². The van der Waals surface area contributed by atoms with Crippen LogP contribution in [0, 0.1) is 6.92 Å². The third kappa shape index (κ3) is 4.21. The maximum absolute atomic E-state index is 12.5. The minimum absolute atomic E-state index is 0.0679. The highest BCUT2D eigenvalue weighted by molar-refractivity contribution is 8.00. The summed E-state index contributed by atoms with van der Waals surface area (Å²) in [4.78, 5) is 0. The van der Waals surface area contributed by atoms with Gasteiger partial charge in [0.2, 0.25) is 0 Å². The lowest BCUT2D eigenvalue weighted by Crippen LogP contribution is -2.40. The third-order valence-corrected chi connectivity index (χ3v) is 6.91. The molecule has 0 unspecified atom stereocenters. The summed E-state index contributed by atoms with van der Waals surface area (Å²) in [6.45, 7) is 6.87. The first-order valence-corrected chi connectivity index (χ1v) is 9.79. The molecule has 1 aromatic rings. The number of nitrogens with zero attached hydrogens (tertiary/aromatic N) is 1. The molecule has 0 bridgehead atoms. The van der Waals surface area contributed by atoms with Crippen molar-refractivity contribution < 1.29 is 8.42 Å². The second kappa shape index (κ2) is 7.62. The Morgan fingerprint density at radius 3 is 2.43 bits per heavy atom.